The largest absolute Gasteiger partial charge is 0.405 e. The highest BCUT2D eigenvalue weighted by Gasteiger charge is 2.27. The summed E-state index contributed by atoms with van der Waals surface area (Å²) in [5.74, 6) is -0.515. The molecule has 0 fully saturated rings. The van der Waals surface area contributed by atoms with Crippen LogP contribution in [0.3, 0.4) is 0 Å². The Morgan fingerprint density at radius 3 is 2.18 bits per heavy atom. The Balaban J connectivity index is 2.43. The number of alkyl halides is 3. The molecule has 3 nitrogen and oxygen atoms in total. The van der Waals surface area contributed by atoms with Gasteiger partial charge in [-0.2, -0.15) is 13.2 Å². The molecule has 122 valence electrons. The smallest absolute Gasteiger partial charge is 0.347 e. The fourth-order valence-electron chi connectivity index (χ4n) is 1.96. The van der Waals surface area contributed by atoms with E-state index < -0.39 is 18.6 Å². The van der Waals surface area contributed by atoms with Crippen molar-refractivity contribution in [3.05, 3.63) is 35.4 Å². The third-order valence-electron chi connectivity index (χ3n) is 2.98. The van der Waals surface area contributed by atoms with Gasteiger partial charge in [-0.3, -0.25) is 9.59 Å². The van der Waals surface area contributed by atoms with E-state index in [0.29, 0.717) is 11.5 Å². The molecule has 0 aromatic heterocycles. The lowest BCUT2D eigenvalue weighted by Gasteiger charge is -2.08. The topological polar surface area (TPSA) is 46.2 Å². The summed E-state index contributed by atoms with van der Waals surface area (Å²) in [5.41, 5.74) is 1.59. The lowest BCUT2D eigenvalue weighted by molar-refractivity contribution is -0.138. The summed E-state index contributed by atoms with van der Waals surface area (Å²) in [5, 5.41) is 1.74. The summed E-state index contributed by atoms with van der Waals surface area (Å²) in [6.07, 6.45) is -3.88. The number of rotatable bonds is 7. The number of carbonyl (C=O) groups is 2. The minimum atomic E-state index is -4.44. The van der Waals surface area contributed by atoms with Crippen molar-refractivity contribution in [1.29, 1.82) is 0 Å². The Morgan fingerprint density at radius 2 is 1.68 bits per heavy atom. The van der Waals surface area contributed by atoms with Crippen LogP contribution in [-0.2, 0) is 11.2 Å². The van der Waals surface area contributed by atoms with Crippen LogP contribution in [0.15, 0.2) is 24.3 Å². The Morgan fingerprint density at radius 1 is 1.09 bits per heavy atom. The summed E-state index contributed by atoms with van der Waals surface area (Å²) in [6, 6.07) is 7.09. The van der Waals surface area contributed by atoms with Crippen LogP contribution in [0.5, 0.6) is 0 Å². The monoisotopic (exact) mass is 315 g/mol. The van der Waals surface area contributed by atoms with Gasteiger partial charge in [0.25, 0.3) is 0 Å². The van der Waals surface area contributed by atoms with Crippen LogP contribution < -0.4 is 5.32 Å². The molecular weight excluding hydrogens is 295 g/mol. The number of nitrogens with one attached hydrogen (secondary N) is 1. The zero-order valence-electron chi connectivity index (χ0n) is 12.7. The Kier molecular flexibility index (Phi) is 6.59. The van der Waals surface area contributed by atoms with E-state index in [9.17, 15) is 22.8 Å². The van der Waals surface area contributed by atoms with Crippen molar-refractivity contribution in [3.8, 4) is 0 Å². The SMILES string of the molecule is CC(C)Cc1ccc(C(=O)CCC(=O)NCC(F)(F)F)cc1. The van der Waals surface area contributed by atoms with Gasteiger partial charge < -0.3 is 5.32 Å². The van der Waals surface area contributed by atoms with Crippen LogP contribution >= 0.6 is 0 Å². The fraction of sp³-hybridized carbons (Fsp3) is 0.500. The molecule has 0 unspecified atom stereocenters. The predicted octanol–water partition coefficient (Wildman–Crippen LogP) is 3.53. The molecule has 1 aromatic rings. The normalized spacial score (nSPS) is 11.5. The quantitative estimate of drug-likeness (QED) is 0.783. The van der Waals surface area contributed by atoms with Gasteiger partial charge in [0.05, 0.1) is 0 Å². The molecule has 0 aliphatic heterocycles. The van der Waals surface area contributed by atoms with Gasteiger partial charge in [0, 0.05) is 18.4 Å². The second kappa shape index (κ2) is 7.96. The van der Waals surface area contributed by atoms with Gasteiger partial charge in [-0.1, -0.05) is 38.1 Å². The van der Waals surface area contributed by atoms with Crippen LogP contribution in [0, 0.1) is 5.92 Å². The van der Waals surface area contributed by atoms with Crippen molar-refractivity contribution in [3.63, 3.8) is 0 Å². The summed E-state index contributed by atoms with van der Waals surface area (Å²) in [4.78, 5) is 23.1. The lowest BCUT2D eigenvalue weighted by atomic mass is 9.99. The molecule has 1 aromatic carbocycles. The van der Waals surface area contributed by atoms with Gasteiger partial charge in [0.1, 0.15) is 6.54 Å². The van der Waals surface area contributed by atoms with E-state index in [1.165, 1.54) is 0 Å². The molecule has 0 radical (unpaired) electrons. The molecule has 0 heterocycles. The number of carbonyl (C=O) groups excluding carboxylic acids is 2. The molecule has 22 heavy (non-hydrogen) atoms. The molecule has 1 amide bonds. The molecule has 0 atom stereocenters. The number of amides is 1. The second-order valence-corrected chi connectivity index (χ2v) is 5.61. The van der Waals surface area contributed by atoms with Crippen molar-refractivity contribution in [2.75, 3.05) is 6.54 Å². The highest BCUT2D eigenvalue weighted by molar-refractivity contribution is 5.97. The number of ketones is 1. The molecule has 1 N–H and O–H groups in total. The van der Waals surface area contributed by atoms with E-state index in [4.69, 9.17) is 0 Å². The van der Waals surface area contributed by atoms with Crippen molar-refractivity contribution in [2.45, 2.75) is 39.3 Å². The Labute approximate surface area is 127 Å². The zero-order chi connectivity index (χ0) is 16.8. The summed E-state index contributed by atoms with van der Waals surface area (Å²) in [7, 11) is 0. The maximum absolute atomic E-state index is 11.9. The predicted molar refractivity (Wildman–Crippen MR) is 77.6 cm³/mol. The lowest BCUT2D eigenvalue weighted by Crippen LogP contribution is -2.33. The second-order valence-electron chi connectivity index (χ2n) is 5.61. The average Bonchev–Trinajstić information content (AvgIpc) is 2.42. The third kappa shape index (κ3) is 7.24. The number of hydrogen-bond acceptors (Lipinski definition) is 2. The van der Waals surface area contributed by atoms with Crippen LogP contribution in [0.1, 0.15) is 42.6 Å². The third-order valence-corrected chi connectivity index (χ3v) is 2.98. The standard InChI is InChI=1S/C16H20F3NO2/c1-11(2)9-12-3-5-13(6-4-12)14(21)7-8-15(22)20-10-16(17,18)19/h3-6,11H,7-10H2,1-2H3,(H,20,22). The Bertz CT molecular complexity index is 507. The van der Waals surface area contributed by atoms with E-state index in [2.05, 4.69) is 13.8 Å². The highest BCUT2D eigenvalue weighted by atomic mass is 19.4. The molecule has 0 aliphatic rings. The van der Waals surface area contributed by atoms with Crippen LogP contribution in [0.25, 0.3) is 0 Å². The fourth-order valence-corrected chi connectivity index (χ4v) is 1.96. The van der Waals surface area contributed by atoms with E-state index in [1.807, 2.05) is 12.1 Å². The Hall–Kier alpha value is -1.85. The van der Waals surface area contributed by atoms with E-state index in [0.717, 1.165) is 12.0 Å². The molecular formula is C16H20F3NO2. The number of hydrogen-bond donors (Lipinski definition) is 1. The number of benzene rings is 1. The van der Waals surface area contributed by atoms with Crippen LogP contribution in [-0.4, -0.2) is 24.4 Å². The van der Waals surface area contributed by atoms with Gasteiger partial charge in [0.2, 0.25) is 5.91 Å². The molecule has 6 heteroatoms. The number of Topliss-reactive ketones (excluding diaryl/α,β-unsaturated/α-hetero) is 1. The van der Waals surface area contributed by atoms with Crippen molar-refractivity contribution >= 4 is 11.7 Å². The van der Waals surface area contributed by atoms with Gasteiger partial charge in [-0.25, -0.2) is 0 Å². The van der Waals surface area contributed by atoms with E-state index in [1.54, 1.807) is 17.4 Å². The molecule has 0 aliphatic carbocycles. The van der Waals surface area contributed by atoms with Gasteiger partial charge >= 0.3 is 6.18 Å². The van der Waals surface area contributed by atoms with Crippen LogP contribution in [0.2, 0.25) is 0 Å². The van der Waals surface area contributed by atoms with Crippen molar-refractivity contribution in [2.24, 2.45) is 5.92 Å². The highest BCUT2D eigenvalue weighted by Crippen LogP contribution is 2.13. The maximum atomic E-state index is 11.9. The van der Waals surface area contributed by atoms with Gasteiger partial charge in [-0.15, -0.1) is 0 Å². The molecule has 0 saturated carbocycles. The van der Waals surface area contributed by atoms with Gasteiger partial charge in [0.15, 0.2) is 5.78 Å². The molecule has 0 saturated heterocycles. The van der Waals surface area contributed by atoms with Crippen molar-refractivity contribution in [1.82, 2.24) is 5.32 Å². The van der Waals surface area contributed by atoms with Gasteiger partial charge in [-0.05, 0) is 17.9 Å². The number of halogens is 3. The first kappa shape index (κ1) is 18.2. The summed E-state index contributed by atoms with van der Waals surface area (Å²) < 4.78 is 35.8. The van der Waals surface area contributed by atoms with Crippen LogP contribution in [0.4, 0.5) is 13.2 Å². The molecule has 0 spiro atoms. The van der Waals surface area contributed by atoms with E-state index >= 15 is 0 Å². The first-order chi connectivity index (χ1) is 10.2. The zero-order valence-corrected chi connectivity index (χ0v) is 12.7. The summed E-state index contributed by atoms with van der Waals surface area (Å²) >= 11 is 0. The van der Waals surface area contributed by atoms with E-state index in [-0.39, 0.29) is 18.6 Å². The first-order valence-electron chi connectivity index (χ1n) is 7.13. The minimum Gasteiger partial charge on any atom is -0.347 e. The summed E-state index contributed by atoms with van der Waals surface area (Å²) in [6.45, 7) is 2.82. The molecule has 0 bridgehead atoms. The molecule has 1 rings (SSSR count). The first-order valence-corrected chi connectivity index (χ1v) is 7.13. The minimum absolute atomic E-state index is 0.104. The van der Waals surface area contributed by atoms with Crippen molar-refractivity contribution < 1.29 is 22.8 Å². The average molecular weight is 315 g/mol. The maximum Gasteiger partial charge on any atom is 0.405 e.